The van der Waals surface area contributed by atoms with E-state index in [0.717, 1.165) is 26.2 Å². The van der Waals surface area contributed by atoms with Crippen LogP contribution in [0.4, 0.5) is 0 Å². The van der Waals surface area contributed by atoms with Gasteiger partial charge in [0.25, 0.3) is 0 Å². The van der Waals surface area contributed by atoms with Crippen molar-refractivity contribution in [2.45, 2.75) is 26.3 Å². The molecule has 0 aliphatic carbocycles. The Morgan fingerprint density at radius 1 is 1.15 bits per heavy atom. The Kier molecular flexibility index (Phi) is 4.08. The summed E-state index contributed by atoms with van der Waals surface area (Å²) in [5.41, 5.74) is 2.72. The monoisotopic (exact) mass is 271 g/mol. The molecule has 1 saturated heterocycles. The first kappa shape index (κ1) is 13.7. The van der Waals surface area contributed by atoms with Crippen molar-refractivity contribution < 1.29 is 0 Å². The number of nitrogens with zero attached hydrogens (tertiary/aromatic N) is 1. The zero-order valence-electron chi connectivity index (χ0n) is 12.5. The average Bonchev–Trinajstić information content (AvgIpc) is 2.89. The molecule has 0 spiro atoms. The second-order valence-corrected chi connectivity index (χ2v) is 6.22. The Bertz CT molecular complexity index is 552. The van der Waals surface area contributed by atoms with Gasteiger partial charge in [0.15, 0.2) is 0 Å². The van der Waals surface area contributed by atoms with Crippen LogP contribution in [0.5, 0.6) is 0 Å². The fourth-order valence-corrected chi connectivity index (χ4v) is 3.28. The van der Waals surface area contributed by atoms with E-state index in [4.69, 9.17) is 0 Å². The van der Waals surface area contributed by atoms with Crippen LogP contribution in [0.15, 0.2) is 30.5 Å². The third-order valence-corrected chi connectivity index (χ3v) is 4.27. The molecule has 3 nitrogen and oxygen atoms in total. The van der Waals surface area contributed by atoms with Gasteiger partial charge in [0.1, 0.15) is 0 Å². The van der Waals surface area contributed by atoms with Crippen LogP contribution >= 0.6 is 0 Å². The quantitative estimate of drug-likeness (QED) is 0.895. The molecule has 3 heteroatoms. The molecule has 1 aliphatic heterocycles. The van der Waals surface area contributed by atoms with E-state index in [9.17, 15) is 0 Å². The Balaban J connectivity index is 1.95. The molecule has 20 heavy (non-hydrogen) atoms. The molecule has 1 aromatic heterocycles. The van der Waals surface area contributed by atoms with Gasteiger partial charge in [-0.3, -0.25) is 4.90 Å². The van der Waals surface area contributed by atoms with E-state index in [0.29, 0.717) is 12.0 Å². The van der Waals surface area contributed by atoms with Crippen LogP contribution in [-0.4, -0.2) is 36.1 Å². The van der Waals surface area contributed by atoms with E-state index >= 15 is 0 Å². The molecular weight excluding hydrogens is 246 g/mol. The molecule has 0 unspecified atom stereocenters. The van der Waals surface area contributed by atoms with E-state index in [1.54, 1.807) is 0 Å². The van der Waals surface area contributed by atoms with Gasteiger partial charge in [-0.1, -0.05) is 32.0 Å². The van der Waals surface area contributed by atoms with Gasteiger partial charge in [-0.05, 0) is 24.0 Å². The highest BCUT2D eigenvalue weighted by atomic mass is 15.2. The third kappa shape index (κ3) is 2.74. The van der Waals surface area contributed by atoms with Gasteiger partial charge in [-0.2, -0.15) is 0 Å². The summed E-state index contributed by atoms with van der Waals surface area (Å²) in [5.74, 6) is 0.712. The van der Waals surface area contributed by atoms with E-state index in [1.165, 1.54) is 22.9 Å². The number of fused-ring (bicyclic) bond motifs is 1. The maximum absolute atomic E-state index is 3.46. The van der Waals surface area contributed by atoms with Crippen molar-refractivity contribution in [2.75, 3.05) is 26.2 Å². The molecule has 1 aromatic carbocycles. The third-order valence-electron chi connectivity index (χ3n) is 4.27. The van der Waals surface area contributed by atoms with E-state index in [-0.39, 0.29) is 0 Å². The number of rotatable bonds is 4. The second kappa shape index (κ2) is 5.98. The standard InChI is InChI=1S/C17H25N3/c1-13(2)11-17(20-9-7-18-8-10-20)15-12-19-16-6-4-3-5-14(15)16/h3-6,12-13,17-19H,7-11H2,1-2H3/t17-/m1/s1. The molecule has 2 aromatic rings. The van der Waals surface area contributed by atoms with Crippen LogP contribution in [0, 0.1) is 5.92 Å². The molecule has 0 bridgehead atoms. The summed E-state index contributed by atoms with van der Waals surface area (Å²) in [6, 6.07) is 9.20. The van der Waals surface area contributed by atoms with Crippen molar-refractivity contribution in [1.82, 2.24) is 15.2 Å². The molecule has 1 fully saturated rings. The van der Waals surface area contributed by atoms with Gasteiger partial charge < -0.3 is 10.3 Å². The molecule has 1 aliphatic rings. The topological polar surface area (TPSA) is 31.1 Å². The first-order chi connectivity index (χ1) is 9.75. The summed E-state index contributed by atoms with van der Waals surface area (Å²) in [6.07, 6.45) is 3.45. The van der Waals surface area contributed by atoms with Crippen molar-refractivity contribution in [2.24, 2.45) is 5.92 Å². The number of aromatic nitrogens is 1. The second-order valence-electron chi connectivity index (χ2n) is 6.22. The van der Waals surface area contributed by atoms with Gasteiger partial charge >= 0.3 is 0 Å². The lowest BCUT2D eigenvalue weighted by Gasteiger charge is -2.36. The zero-order valence-corrected chi connectivity index (χ0v) is 12.5. The van der Waals surface area contributed by atoms with Crippen LogP contribution in [-0.2, 0) is 0 Å². The highest BCUT2D eigenvalue weighted by Crippen LogP contribution is 2.33. The predicted molar refractivity (Wildman–Crippen MR) is 84.9 cm³/mol. The number of hydrogen-bond donors (Lipinski definition) is 2. The Hall–Kier alpha value is -1.32. The number of nitrogens with one attached hydrogen (secondary N) is 2. The van der Waals surface area contributed by atoms with Gasteiger partial charge in [-0.25, -0.2) is 0 Å². The summed E-state index contributed by atoms with van der Waals surface area (Å²) in [6.45, 7) is 9.16. The van der Waals surface area contributed by atoms with Crippen LogP contribution in [0.1, 0.15) is 31.9 Å². The van der Waals surface area contributed by atoms with Gasteiger partial charge in [0.05, 0.1) is 0 Å². The normalized spacial score (nSPS) is 18.8. The summed E-state index contributed by atoms with van der Waals surface area (Å²) < 4.78 is 0. The highest BCUT2D eigenvalue weighted by molar-refractivity contribution is 5.83. The Morgan fingerprint density at radius 3 is 2.65 bits per heavy atom. The van der Waals surface area contributed by atoms with Gasteiger partial charge in [0.2, 0.25) is 0 Å². The molecule has 0 radical (unpaired) electrons. The summed E-state index contributed by atoms with van der Waals surface area (Å²) in [5, 5.41) is 4.84. The molecule has 1 atom stereocenters. The van der Waals surface area contributed by atoms with E-state index in [2.05, 4.69) is 59.5 Å². The highest BCUT2D eigenvalue weighted by Gasteiger charge is 2.25. The van der Waals surface area contributed by atoms with Crippen LogP contribution in [0.25, 0.3) is 10.9 Å². The summed E-state index contributed by atoms with van der Waals surface area (Å²) >= 11 is 0. The Morgan fingerprint density at radius 2 is 1.90 bits per heavy atom. The smallest absolute Gasteiger partial charge is 0.0457 e. The van der Waals surface area contributed by atoms with Crippen LogP contribution in [0.2, 0.25) is 0 Å². The fourth-order valence-electron chi connectivity index (χ4n) is 3.28. The molecule has 0 saturated carbocycles. The molecule has 3 rings (SSSR count). The number of piperazine rings is 1. The van der Waals surface area contributed by atoms with Gasteiger partial charge in [-0.15, -0.1) is 0 Å². The summed E-state index contributed by atoms with van der Waals surface area (Å²) in [4.78, 5) is 6.08. The van der Waals surface area contributed by atoms with Crippen molar-refractivity contribution in [1.29, 1.82) is 0 Å². The zero-order chi connectivity index (χ0) is 13.9. The van der Waals surface area contributed by atoms with Crippen molar-refractivity contribution in [3.8, 4) is 0 Å². The number of benzene rings is 1. The predicted octanol–water partition coefficient (Wildman–Crippen LogP) is 3.16. The molecule has 0 amide bonds. The first-order valence-electron chi connectivity index (χ1n) is 7.76. The van der Waals surface area contributed by atoms with Crippen molar-refractivity contribution >= 4 is 10.9 Å². The minimum Gasteiger partial charge on any atom is -0.361 e. The lowest BCUT2D eigenvalue weighted by molar-refractivity contribution is 0.155. The fraction of sp³-hybridized carbons (Fsp3) is 0.529. The number of para-hydroxylation sites is 1. The SMILES string of the molecule is CC(C)C[C@H](c1c[nH]c2ccccc12)N1CCNCC1. The molecule has 2 heterocycles. The number of hydrogen-bond acceptors (Lipinski definition) is 2. The van der Waals surface area contributed by atoms with Gasteiger partial charge in [0, 0.05) is 49.3 Å². The lowest BCUT2D eigenvalue weighted by atomic mass is 9.94. The van der Waals surface area contributed by atoms with Crippen molar-refractivity contribution in [3.05, 3.63) is 36.0 Å². The average molecular weight is 271 g/mol. The molecule has 108 valence electrons. The lowest BCUT2D eigenvalue weighted by Crippen LogP contribution is -2.45. The van der Waals surface area contributed by atoms with Crippen LogP contribution < -0.4 is 5.32 Å². The Labute approximate surface area is 121 Å². The largest absolute Gasteiger partial charge is 0.361 e. The van der Waals surface area contributed by atoms with Crippen LogP contribution in [0.3, 0.4) is 0 Å². The maximum Gasteiger partial charge on any atom is 0.0457 e. The first-order valence-corrected chi connectivity index (χ1v) is 7.76. The minimum atomic E-state index is 0.535. The molecule has 2 N–H and O–H groups in total. The maximum atomic E-state index is 3.46. The molecular formula is C17H25N3. The van der Waals surface area contributed by atoms with E-state index in [1.807, 2.05) is 0 Å². The number of H-pyrrole nitrogens is 1. The van der Waals surface area contributed by atoms with Crippen molar-refractivity contribution in [3.63, 3.8) is 0 Å². The minimum absolute atomic E-state index is 0.535. The van der Waals surface area contributed by atoms with E-state index < -0.39 is 0 Å². The summed E-state index contributed by atoms with van der Waals surface area (Å²) in [7, 11) is 0. The number of aromatic amines is 1.